The zero-order valence-electron chi connectivity index (χ0n) is 18.4. The summed E-state index contributed by atoms with van der Waals surface area (Å²) in [6, 6.07) is 40.0. The first kappa shape index (κ1) is 18.8. The van der Waals surface area contributed by atoms with Gasteiger partial charge in [-0.05, 0) is 68.4 Å². The summed E-state index contributed by atoms with van der Waals surface area (Å²) in [6.45, 7) is 4.37. The molecule has 0 amide bonds. The first-order valence-electron chi connectivity index (χ1n) is 11.2. The lowest BCUT2D eigenvalue weighted by Crippen LogP contribution is -1.90. The molecule has 0 heterocycles. The second kappa shape index (κ2) is 7.35. The van der Waals surface area contributed by atoms with Gasteiger partial charge in [0.2, 0.25) is 0 Å². The summed E-state index contributed by atoms with van der Waals surface area (Å²) in [4.78, 5) is 0. The normalized spacial score (nSPS) is 11.4. The number of aryl methyl sites for hydroxylation is 2. The van der Waals surface area contributed by atoms with E-state index in [0.717, 1.165) is 0 Å². The Morgan fingerprint density at radius 1 is 0.375 bits per heavy atom. The Bertz CT molecular complexity index is 1600. The van der Waals surface area contributed by atoms with Gasteiger partial charge in [-0.3, -0.25) is 0 Å². The Labute approximate surface area is 188 Å². The molecule has 0 saturated carbocycles. The second-order valence-corrected chi connectivity index (χ2v) is 8.74. The Morgan fingerprint density at radius 3 is 1.41 bits per heavy atom. The van der Waals surface area contributed by atoms with Gasteiger partial charge in [-0.25, -0.2) is 0 Å². The third-order valence-corrected chi connectivity index (χ3v) is 6.50. The predicted octanol–water partition coefficient (Wildman–Crippen LogP) is 9.10. The van der Waals surface area contributed by atoms with Crippen molar-refractivity contribution in [3.63, 3.8) is 0 Å². The fourth-order valence-electron chi connectivity index (χ4n) is 5.27. The molecular weight excluding hydrogens is 384 g/mol. The van der Waals surface area contributed by atoms with Crippen LogP contribution in [0.25, 0.3) is 54.6 Å². The molecule has 0 aliphatic carbocycles. The lowest BCUT2D eigenvalue weighted by molar-refractivity contribution is 1.39. The smallest absolute Gasteiger partial charge is 0.00141 e. The molecule has 0 nitrogen and oxygen atoms in total. The minimum absolute atomic E-state index is 1.25. The average molecular weight is 409 g/mol. The maximum atomic E-state index is 2.31. The van der Waals surface area contributed by atoms with E-state index in [9.17, 15) is 0 Å². The summed E-state index contributed by atoms with van der Waals surface area (Å²) in [7, 11) is 0. The lowest BCUT2D eigenvalue weighted by Gasteiger charge is -2.18. The van der Waals surface area contributed by atoms with Crippen molar-refractivity contribution >= 4 is 32.3 Å². The van der Waals surface area contributed by atoms with Gasteiger partial charge in [0, 0.05) is 0 Å². The zero-order valence-corrected chi connectivity index (χ0v) is 18.4. The van der Waals surface area contributed by atoms with Crippen LogP contribution in [0.15, 0.2) is 109 Å². The number of fused-ring (bicyclic) bond motifs is 6. The Kier molecular flexibility index (Phi) is 4.33. The van der Waals surface area contributed by atoms with Crippen molar-refractivity contribution in [3.8, 4) is 22.3 Å². The standard InChI is InChI=1S/C32H24/c1-21-18-22(2)20-24(19-21)26-15-9-17-30-28-13-7-6-12-27(28)29-16-8-14-25(31(29)32(26)30)23-10-4-3-5-11-23/h3-20H,1-2H3. The van der Waals surface area contributed by atoms with Crippen molar-refractivity contribution < 1.29 is 0 Å². The van der Waals surface area contributed by atoms with Crippen molar-refractivity contribution in [2.24, 2.45) is 0 Å². The van der Waals surface area contributed by atoms with Crippen LogP contribution in [0.1, 0.15) is 11.1 Å². The molecule has 0 fully saturated rings. The van der Waals surface area contributed by atoms with Crippen LogP contribution < -0.4 is 0 Å². The van der Waals surface area contributed by atoms with Gasteiger partial charge in [0.25, 0.3) is 0 Å². The number of benzene rings is 6. The highest BCUT2D eigenvalue weighted by Gasteiger charge is 2.16. The molecule has 6 aromatic rings. The minimum Gasteiger partial charge on any atom is -0.0622 e. The van der Waals surface area contributed by atoms with Crippen LogP contribution in [-0.4, -0.2) is 0 Å². The molecule has 0 atom stereocenters. The lowest BCUT2D eigenvalue weighted by atomic mass is 9.86. The average Bonchev–Trinajstić information content (AvgIpc) is 2.83. The molecule has 0 unspecified atom stereocenters. The van der Waals surface area contributed by atoms with Gasteiger partial charge in [-0.2, -0.15) is 0 Å². The highest BCUT2D eigenvalue weighted by molar-refractivity contribution is 6.31. The highest BCUT2D eigenvalue weighted by Crippen LogP contribution is 2.44. The monoisotopic (exact) mass is 408 g/mol. The van der Waals surface area contributed by atoms with Crippen LogP contribution in [0.5, 0.6) is 0 Å². The molecule has 0 radical (unpaired) electrons. The second-order valence-electron chi connectivity index (χ2n) is 8.74. The molecule has 0 N–H and O–H groups in total. The molecule has 0 heteroatoms. The van der Waals surface area contributed by atoms with Gasteiger partial charge >= 0.3 is 0 Å². The first-order chi connectivity index (χ1) is 15.7. The number of hydrogen-bond donors (Lipinski definition) is 0. The molecule has 0 aliphatic rings. The number of hydrogen-bond acceptors (Lipinski definition) is 0. The van der Waals surface area contributed by atoms with Gasteiger partial charge in [0.05, 0.1) is 0 Å². The predicted molar refractivity (Wildman–Crippen MR) is 139 cm³/mol. The van der Waals surface area contributed by atoms with Crippen molar-refractivity contribution in [1.82, 2.24) is 0 Å². The number of rotatable bonds is 2. The van der Waals surface area contributed by atoms with Crippen molar-refractivity contribution in [2.45, 2.75) is 13.8 Å². The fourth-order valence-corrected chi connectivity index (χ4v) is 5.27. The van der Waals surface area contributed by atoms with Crippen LogP contribution in [0.3, 0.4) is 0 Å². The van der Waals surface area contributed by atoms with E-state index in [1.165, 1.54) is 65.7 Å². The summed E-state index contributed by atoms with van der Waals surface area (Å²) < 4.78 is 0. The van der Waals surface area contributed by atoms with Gasteiger partial charge < -0.3 is 0 Å². The van der Waals surface area contributed by atoms with E-state index >= 15 is 0 Å². The molecular formula is C32H24. The molecule has 0 aliphatic heterocycles. The van der Waals surface area contributed by atoms with E-state index in [4.69, 9.17) is 0 Å². The molecule has 32 heavy (non-hydrogen) atoms. The summed E-state index contributed by atoms with van der Waals surface area (Å²) in [5.41, 5.74) is 7.72. The van der Waals surface area contributed by atoms with E-state index in [1.54, 1.807) is 0 Å². The summed E-state index contributed by atoms with van der Waals surface area (Å²) in [6.07, 6.45) is 0. The summed E-state index contributed by atoms with van der Waals surface area (Å²) in [5.74, 6) is 0. The Hall–Kier alpha value is -3.90. The summed E-state index contributed by atoms with van der Waals surface area (Å²) in [5, 5.41) is 7.92. The molecule has 0 spiro atoms. The van der Waals surface area contributed by atoms with E-state index in [0.29, 0.717) is 0 Å². The van der Waals surface area contributed by atoms with Crippen LogP contribution >= 0.6 is 0 Å². The maximum Gasteiger partial charge on any atom is -0.00141 e. The topological polar surface area (TPSA) is 0 Å². The maximum absolute atomic E-state index is 2.31. The largest absolute Gasteiger partial charge is 0.0622 e. The van der Waals surface area contributed by atoms with Crippen LogP contribution in [-0.2, 0) is 0 Å². The quantitative estimate of drug-likeness (QED) is 0.251. The molecule has 152 valence electrons. The van der Waals surface area contributed by atoms with Gasteiger partial charge in [0.15, 0.2) is 0 Å². The molecule has 6 rings (SSSR count). The first-order valence-corrected chi connectivity index (χ1v) is 11.2. The highest BCUT2D eigenvalue weighted by atomic mass is 14.2. The molecule has 0 aromatic heterocycles. The van der Waals surface area contributed by atoms with Crippen LogP contribution in [0.4, 0.5) is 0 Å². The van der Waals surface area contributed by atoms with E-state index in [2.05, 4.69) is 123 Å². The Morgan fingerprint density at radius 2 is 0.844 bits per heavy atom. The van der Waals surface area contributed by atoms with E-state index in [1.807, 2.05) is 0 Å². The molecule has 6 aromatic carbocycles. The fraction of sp³-hybridized carbons (Fsp3) is 0.0625. The Balaban J connectivity index is 1.89. The van der Waals surface area contributed by atoms with Crippen LogP contribution in [0.2, 0.25) is 0 Å². The van der Waals surface area contributed by atoms with Gasteiger partial charge in [-0.1, -0.05) is 120 Å². The summed E-state index contributed by atoms with van der Waals surface area (Å²) >= 11 is 0. The third-order valence-electron chi connectivity index (χ3n) is 6.50. The van der Waals surface area contributed by atoms with Gasteiger partial charge in [0.1, 0.15) is 0 Å². The van der Waals surface area contributed by atoms with Crippen LogP contribution in [0, 0.1) is 13.8 Å². The third kappa shape index (κ3) is 2.92. The van der Waals surface area contributed by atoms with Crippen molar-refractivity contribution in [1.29, 1.82) is 0 Å². The zero-order chi connectivity index (χ0) is 21.7. The van der Waals surface area contributed by atoms with Gasteiger partial charge in [-0.15, -0.1) is 0 Å². The SMILES string of the molecule is Cc1cc(C)cc(-c2cccc3c4ccccc4c4cccc(-c5ccccc5)c4c23)c1. The minimum atomic E-state index is 1.25. The van der Waals surface area contributed by atoms with E-state index in [-0.39, 0.29) is 0 Å². The van der Waals surface area contributed by atoms with E-state index < -0.39 is 0 Å². The molecule has 0 bridgehead atoms. The van der Waals surface area contributed by atoms with Crippen molar-refractivity contribution in [3.05, 3.63) is 120 Å². The van der Waals surface area contributed by atoms with Crippen molar-refractivity contribution in [2.75, 3.05) is 0 Å². The molecule has 0 saturated heterocycles.